The molecule has 3 fully saturated rings. The molecule has 0 aromatic rings. The molecule has 3 rings (SSSR count). The van der Waals surface area contributed by atoms with E-state index in [9.17, 15) is 61.0 Å². The summed E-state index contributed by atoms with van der Waals surface area (Å²) < 4.78 is 34.1. The van der Waals surface area contributed by atoms with Gasteiger partial charge in [0.15, 0.2) is 18.9 Å². The van der Waals surface area contributed by atoms with Crippen molar-refractivity contribution in [1.29, 1.82) is 0 Å². The third-order valence-corrected chi connectivity index (χ3v) is 13.8. The van der Waals surface area contributed by atoms with Crippen LogP contribution in [0.3, 0.4) is 0 Å². The number of amides is 1. The molecule has 17 unspecified atom stereocenters. The molecule has 17 atom stereocenters. The van der Waals surface area contributed by atoms with E-state index >= 15 is 0 Å². The molecule has 0 aromatic carbocycles. The smallest absolute Gasteiger partial charge is 0.220 e. The van der Waals surface area contributed by atoms with E-state index in [1.54, 1.807) is 6.08 Å². The molecule has 0 radical (unpaired) electrons. The third kappa shape index (κ3) is 24.6. The second kappa shape index (κ2) is 39.8. The van der Waals surface area contributed by atoms with Crippen LogP contribution in [0, 0.1) is 0 Å². The number of aliphatic hydroxyl groups excluding tert-OH is 11. The van der Waals surface area contributed by atoms with Crippen molar-refractivity contribution < 1.29 is 89.4 Å². The minimum atomic E-state index is -1.98. The Morgan fingerprint density at radius 1 is 0.480 bits per heavy atom. The standard InChI is InChI=1S/C56H97NO18/c1-3-5-7-9-11-13-15-17-18-19-20-22-24-26-28-30-32-34-44(62)57-39(40(61)33-31-29-27-25-23-21-16-14-12-10-8-6-4-2)38-70-54-50(68)47(65)52(42(36-59)72-54)75-56-51(69)48(66)53(43(37-60)73-56)74-55-49(67)46(64)45(63)41(35-58)71-55/h11-14,17-18,23,25,31,33,39-43,45-56,58-61,63-69H,3-10,15-16,19-22,24,26-30,32,34-38H2,1-2H3,(H,57,62)/b13-11-,14-12+,18-17-,25-23+,33-31+. The number of rotatable bonds is 39. The van der Waals surface area contributed by atoms with Crippen LogP contribution < -0.4 is 5.32 Å². The summed E-state index contributed by atoms with van der Waals surface area (Å²) in [6, 6.07) is -1.00. The van der Waals surface area contributed by atoms with Gasteiger partial charge in [0.25, 0.3) is 0 Å². The van der Waals surface area contributed by atoms with Crippen LogP contribution in [0.2, 0.25) is 0 Å². The predicted molar refractivity (Wildman–Crippen MR) is 282 cm³/mol. The number of unbranched alkanes of at least 4 members (excludes halogenated alkanes) is 15. The molecule has 19 nitrogen and oxygen atoms in total. The second-order valence-electron chi connectivity index (χ2n) is 20.0. The first-order valence-corrected chi connectivity index (χ1v) is 28.0. The van der Waals surface area contributed by atoms with Crippen LogP contribution in [0.25, 0.3) is 0 Å². The van der Waals surface area contributed by atoms with E-state index in [1.807, 2.05) is 6.08 Å². The molecule has 12 N–H and O–H groups in total. The van der Waals surface area contributed by atoms with E-state index in [0.717, 1.165) is 83.5 Å². The Morgan fingerprint density at radius 3 is 1.41 bits per heavy atom. The van der Waals surface area contributed by atoms with Gasteiger partial charge in [0.05, 0.1) is 38.6 Å². The maximum atomic E-state index is 13.3. The van der Waals surface area contributed by atoms with E-state index in [0.29, 0.717) is 12.8 Å². The lowest BCUT2D eigenvalue weighted by Crippen LogP contribution is -2.66. The maximum Gasteiger partial charge on any atom is 0.220 e. The molecule has 0 bridgehead atoms. The Hall–Kier alpha value is -2.51. The highest BCUT2D eigenvalue weighted by atomic mass is 16.8. The first kappa shape index (κ1) is 66.8. The van der Waals surface area contributed by atoms with Crippen molar-refractivity contribution >= 4 is 5.91 Å². The van der Waals surface area contributed by atoms with Gasteiger partial charge in [-0.3, -0.25) is 4.79 Å². The van der Waals surface area contributed by atoms with Crippen LogP contribution >= 0.6 is 0 Å². The van der Waals surface area contributed by atoms with Crippen molar-refractivity contribution in [2.45, 2.75) is 259 Å². The minimum Gasteiger partial charge on any atom is -0.394 e. The van der Waals surface area contributed by atoms with Crippen LogP contribution in [0.15, 0.2) is 60.8 Å². The van der Waals surface area contributed by atoms with E-state index in [2.05, 4.69) is 67.8 Å². The maximum absolute atomic E-state index is 13.3. The largest absolute Gasteiger partial charge is 0.394 e. The highest BCUT2D eigenvalue weighted by Crippen LogP contribution is 2.33. The molecule has 3 aliphatic heterocycles. The normalized spacial score (nSPS) is 31.7. The van der Waals surface area contributed by atoms with Gasteiger partial charge < -0.3 is 89.9 Å². The Labute approximate surface area is 445 Å². The summed E-state index contributed by atoms with van der Waals surface area (Å²) >= 11 is 0. The van der Waals surface area contributed by atoms with Gasteiger partial charge in [-0.25, -0.2) is 0 Å². The lowest BCUT2D eigenvalue weighted by atomic mass is 9.96. The van der Waals surface area contributed by atoms with Crippen molar-refractivity contribution in [2.75, 3.05) is 26.4 Å². The lowest BCUT2D eigenvalue weighted by Gasteiger charge is -2.48. The van der Waals surface area contributed by atoms with Gasteiger partial charge in [0.1, 0.15) is 73.2 Å². The molecule has 3 heterocycles. The Kier molecular flexibility index (Phi) is 35.4. The highest BCUT2D eigenvalue weighted by molar-refractivity contribution is 5.76. The molecule has 3 aliphatic rings. The van der Waals surface area contributed by atoms with E-state index in [1.165, 1.54) is 38.5 Å². The number of hydrogen-bond donors (Lipinski definition) is 12. The fourth-order valence-corrected chi connectivity index (χ4v) is 9.07. The fourth-order valence-electron chi connectivity index (χ4n) is 9.07. The summed E-state index contributed by atoms with van der Waals surface area (Å²) in [7, 11) is 0. The van der Waals surface area contributed by atoms with Crippen molar-refractivity contribution in [3.8, 4) is 0 Å². The number of hydrogen-bond acceptors (Lipinski definition) is 18. The number of nitrogens with one attached hydrogen (secondary N) is 1. The van der Waals surface area contributed by atoms with Gasteiger partial charge in [0.2, 0.25) is 5.91 Å². The molecule has 3 saturated heterocycles. The van der Waals surface area contributed by atoms with Crippen LogP contribution in [-0.2, 0) is 33.2 Å². The quantitative estimate of drug-likeness (QED) is 0.0309. The van der Waals surface area contributed by atoms with E-state index < -0.39 is 124 Å². The Bertz CT molecular complexity index is 1610. The lowest BCUT2D eigenvalue weighted by molar-refractivity contribution is -0.379. The summed E-state index contributed by atoms with van der Waals surface area (Å²) in [5, 5.41) is 120. The molecular weight excluding hydrogens is 975 g/mol. The SMILES string of the molecule is CCCCC/C=C\C/C=C\CCCCCCCCCC(=O)NC(COC1OC(CO)C(OC2OC(CO)C(OC3OC(CO)C(O)C(O)C3O)C(O)C2O)C(O)C1O)C(O)/C=C/CC/C=C/CC/C=C/CCCCC. The van der Waals surface area contributed by atoms with Crippen LogP contribution in [0.1, 0.15) is 155 Å². The van der Waals surface area contributed by atoms with Gasteiger partial charge in [0, 0.05) is 6.42 Å². The molecule has 19 heteroatoms. The number of carbonyl (C=O) groups excluding carboxylic acids is 1. The van der Waals surface area contributed by atoms with Crippen LogP contribution in [-0.4, -0.2) is 193 Å². The van der Waals surface area contributed by atoms with Gasteiger partial charge in [-0.05, 0) is 77.0 Å². The highest BCUT2D eigenvalue weighted by Gasteiger charge is 2.53. The zero-order valence-electron chi connectivity index (χ0n) is 44.8. The Balaban J connectivity index is 1.55. The summed E-state index contributed by atoms with van der Waals surface area (Å²) in [5.74, 6) is -0.303. The number of carbonyl (C=O) groups is 1. The first-order valence-electron chi connectivity index (χ1n) is 28.0. The topological polar surface area (TPSA) is 307 Å². The van der Waals surface area contributed by atoms with Gasteiger partial charge in [-0.15, -0.1) is 0 Å². The monoisotopic (exact) mass is 1070 g/mol. The van der Waals surface area contributed by atoms with Crippen molar-refractivity contribution in [2.24, 2.45) is 0 Å². The third-order valence-electron chi connectivity index (χ3n) is 13.8. The molecule has 0 aromatic heterocycles. The van der Waals surface area contributed by atoms with Gasteiger partial charge >= 0.3 is 0 Å². The molecule has 1 amide bonds. The zero-order valence-corrected chi connectivity index (χ0v) is 44.8. The molecule has 0 aliphatic carbocycles. The average molecular weight is 1070 g/mol. The second-order valence-corrected chi connectivity index (χ2v) is 20.0. The van der Waals surface area contributed by atoms with Gasteiger partial charge in [-0.2, -0.15) is 0 Å². The molecular formula is C56H97NO18. The number of ether oxygens (including phenoxy) is 6. The predicted octanol–water partition coefficient (Wildman–Crippen LogP) is 3.70. The molecule has 0 spiro atoms. The van der Waals surface area contributed by atoms with E-state index in [4.69, 9.17) is 28.4 Å². The first-order chi connectivity index (χ1) is 36.3. The minimum absolute atomic E-state index is 0.220. The Morgan fingerprint density at radius 2 is 0.893 bits per heavy atom. The summed E-state index contributed by atoms with van der Waals surface area (Å²) in [6.45, 7) is 1.59. The summed E-state index contributed by atoms with van der Waals surface area (Å²) in [4.78, 5) is 13.3. The van der Waals surface area contributed by atoms with Crippen molar-refractivity contribution in [3.05, 3.63) is 60.8 Å². The number of allylic oxidation sites excluding steroid dienone is 9. The van der Waals surface area contributed by atoms with Crippen molar-refractivity contribution in [3.63, 3.8) is 0 Å². The average Bonchev–Trinajstić information content (AvgIpc) is 3.41. The van der Waals surface area contributed by atoms with Crippen molar-refractivity contribution in [1.82, 2.24) is 5.32 Å². The summed E-state index contributed by atoms with van der Waals surface area (Å²) in [5.41, 5.74) is 0. The summed E-state index contributed by atoms with van der Waals surface area (Å²) in [6.07, 6.45) is 16.4. The fraction of sp³-hybridized carbons (Fsp3) is 0.804. The molecule has 0 saturated carbocycles. The number of aliphatic hydroxyl groups is 11. The molecule has 434 valence electrons. The zero-order chi connectivity index (χ0) is 54.8. The van der Waals surface area contributed by atoms with Gasteiger partial charge in [-0.1, -0.05) is 132 Å². The molecule has 75 heavy (non-hydrogen) atoms. The van der Waals surface area contributed by atoms with Crippen LogP contribution in [0.4, 0.5) is 0 Å². The van der Waals surface area contributed by atoms with E-state index in [-0.39, 0.29) is 18.9 Å². The van der Waals surface area contributed by atoms with Crippen LogP contribution in [0.5, 0.6) is 0 Å².